The van der Waals surface area contributed by atoms with Crippen molar-refractivity contribution in [2.24, 2.45) is 0 Å². The van der Waals surface area contributed by atoms with Gasteiger partial charge in [-0.25, -0.2) is 0 Å². The highest BCUT2D eigenvalue weighted by molar-refractivity contribution is 6.11. The predicted molar refractivity (Wildman–Crippen MR) is 142 cm³/mol. The number of methoxy groups -OCH3 is 2. The number of hydrogen-bond acceptors (Lipinski definition) is 4. The molecule has 0 aliphatic carbocycles. The van der Waals surface area contributed by atoms with E-state index in [0.717, 1.165) is 29.7 Å². The fourth-order valence-corrected chi connectivity index (χ4v) is 4.94. The lowest BCUT2D eigenvalue weighted by Crippen LogP contribution is -2.48. The Bertz CT molecular complexity index is 1190. The Morgan fingerprint density at radius 3 is 2.08 bits per heavy atom. The first-order chi connectivity index (χ1) is 17.5. The van der Waals surface area contributed by atoms with E-state index in [1.807, 2.05) is 84.6 Å². The molecule has 0 N–H and O–H groups in total. The number of amides is 2. The van der Waals surface area contributed by atoms with Gasteiger partial charge in [0.05, 0.1) is 26.2 Å². The van der Waals surface area contributed by atoms with Crippen molar-refractivity contribution in [3.05, 3.63) is 89.5 Å². The largest absolute Gasteiger partial charge is 0.497 e. The molecule has 6 heteroatoms. The molecule has 3 aromatic rings. The average Bonchev–Trinajstić information content (AvgIpc) is 2.93. The lowest BCUT2D eigenvalue weighted by atomic mass is 9.78. The summed E-state index contributed by atoms with van der Waals surface area (Å²) in [6, 6.07) is 22.1. The molecule has 0 spiro atoms. The van der Waals surface area contributed by atoms with Crippen molar-refractivity contribution in [1.29, 1.82) is 0 Å². The quantitative estimate of drug-likeness (QED) is 0.381. The molecule has 0 fully saturated rings. The molecule has 1 heterocycles. The van der Waals surface area contributed by atoms with E-state index >= 15 is 0 Å². The van der Waals surface area contributed by atoms with Crippen LogP contribution >= 0.6 is 0 Å². The molecule has 3 aromatic carbocycles. The van der Waals surface area contributed by atoms with E-state index in [9.17, 15) is 9.59 Å². The summed E-state index contributed by atoms with van der Waals surface area (Å²) in [6.07, 6.45) is 1.94. The molecule has 36 heavy (non-hydrogen) atoms. The fraction of sp³-hybridized carbons (Fsp3) is 0.333. The summed E-state index contributed by atoms with van der Waals surface area (Å²) in [6.45, 7) is 5.44. The maximum Gasteiger partial charge on any atom is 0.259 e. The lowest BCUT2D eigenvalue weighted by molar-refractivity contribution is -0.133. The van der Waals surface area contributed by atoms with Gasteiger partial charge in [0.1, 0.15) is 11.5 Å². The van der Waals surface area contributed by atoms with Crippen LogP contribution in [0.15, 0.2) is 72.8 Å². The van der Waals surface area contributed by atoms with E-state index in [1.54, 1.807) is 19.1 Å². The Hall–Kier alpha value is -3.80. The van der Waals surface area contributed by atoms with Gasteiger partial charge in [0.2, 0.25) is 5.91 Å². The SMILES string of the molecule is CCCCN(CC)C(=O)[C@H]1c2ccccc2C(=O)N(c2ccc(OC)cc2)[C@@H]1c1ccc(OC)cc1. The van der Waals surface area contributed by atoms with Gasteiger partial charge in [0, 0.05) is 24.3 Å². The predicted octanol–water partition coefficient (Wildman–Crippen LogP) is 5.84. The van der Waals surface area contributed by atoms with Crippen molar-refractivity contribution in [3.8, 4) is 11.5 Å². The standard InChI is InChI=1S/C30H34N2O4/c1-5-7-20-31(6-2)30(34)27-25-10-8-9-11-26(25)29(33)32(22-14-18-24(36-4)19-15-22)28(27)21-12-16-23(35-3)17-13-21/h8-19,27-28H,5-7,20H2,1-4H3/t27-,28+/m0/s1. The number of carbonyl (C=O) groups excluding carboxylic acids is 2. The van der Waals surface area contributed by atoms with Crippen LogP contribution < -0.4 is 14.4 Å². The highest BCUT2D eigenvalue weighted by Crippen LogP contribution is 2.46. The second kappa shape index (κ2) is 11.3. The number of hydrogen-bond donors (Lipinski definition) is 0. The molecular weight excluding hydrogens is 452 g/mol. The number of likely N-dealkylation sites (N-methyl/N-ethyl adjacent to an activating group) is 1. The van der Waals surface area contributed by atoms with Crippen LogP contribution in [0.25, 0.3) is 0 Å². The maximum absolute atomic E-state index is 14.2. The van der Waals surface area contributed by atoms with Gasteiger partial charge in [-0.2, -0.15) is 0 Å². The molecule has 0 unspecified atom stereocenters. The van der Waals surface area contributed by atoms with Crippen LogP contribution in [0, 0.1) is 0 Å². The second-order valence-electron chi connectivity index (χ2n) is 8.93. The molecule has 0 bridgehead atoms. The van der Waals surface area contributed by atoms with Crippen molar-refractivity contribution in [2.45, 2.75) is 38.6 Å². The Morgan fingerprint density at radius 2 is 1.50 bits per heavy atom. The molecule has 1 aliphatic rings. The third-order valence-electron chi connectivity index (χ3n) is 6.89. The van der Waals surface area contributed by atoms with Crippen LogP contribution in [0.3, 0.4) is 0 Å². The van der Waals surface area contributed by atoms with E-state index in [1.165, 1.54) is 0 Å². The minimum atomic E-state index is -0.550. The molecule has 1 aliphatic heterocycles. The highest BCUT2D eigenvalue weighted by atomic mass is 16.5. The summed E-state index contributed by atoms with van der Waals surface area (Å²) in [5, 5.41) is 0. The maximum atomic E-state index is 14.2. The number of anilines is 1. The molecule has 0 saturated heterocycles. The first-order valence-corrected chi connectivity index (χ1v) is 12.5. The van der Waals surface area contributed by atoms with Crippen molar-refractivity contribution in [2.75, 3.05) is 32.2 Å². The van der Waals surface area contributed by atoms with Gasteiger partial charge in [-0.3, -0.25) is 14.5 Å². The van der Waals surface area contributed by atoms with Gasteiger partial charge >= 0.3 is 0 Å². The van der Waals surface area contributed by atoms with Crippen LogP contribution in [0.2, 0.25) is 0 Å². The number of ether oxygens (including phenoxy) is 2. The van der Waals surface area contributed by atoms with E-state index in [0.29, 0.717) is 30.1 Å². The molecule has 0 radical (unpaired) electrons. The Labute approximate surface area is 213 Å². The summed E-state index contributed by atoms with van der Waals surface area (Å²) >= 11 is 0. The van der Waals surface area contributed by atoms with E-state index < -0.39 is 12.0 Å². The summed E-state index contributed by atoms with van der Waals surface area (Å²) in [4.78, 5) is 31.9. The zero-order valence-electron chi connectivity index (χ0n) is 21.4. The van der Waals surface area contributed by atoms with Crippen molar-refractivity contribution < 1.29 is 19.1 Å². The zero-order valence-corrected chi connectivity index (χ0v) is 21.4. The molecule has 6 nitrogen and oxygen atoms in total. The first kappa shape index (κ1) is 25.3. The van der Waals surface area contributed by atoms with Crippen LogP contribution in [-0.4, -0.2) is 44.0 Å². The number of unbranched alkanes of at least 4 members (excludes halogenated alkanes) is 1. The molecule has 0 saturated carbocycles. The average molecular weight is 487 g/mol. The minimum Gasteiger partial charge on any atom is -0.497 e. The summed E-state index contributed by atoms with van der Waals surface area (Å²) in [5.74, 6) is 0.779. The Kier molecular flexibility index (Phi) is 7.93. The van der Waals surface area contributed by atoms with E-state index in [-0.39, 0.29) is 11.8 Å². The second-order valence-corrected chi connectivity index (χ2v) is 8.93. The minimum absolute atomic E-state index is 0.0326. The number of fused-ring (bicyclic) bond motifs is 1. The van der Waals surface area contributed by atoms with Crippen LogP contribution in [0.5, 0.6) is 11.5 Å². The first-order valence-electron chi connectivity index (χ1n) is 12.5. The van der Waals surface area contributed by atoms with Crippen molar-refractivity contribution in [1.82, 2.24) is 4.90 Å². The Morgan fingerprint density at radius 1 is 0.889 bits per heavy atom. The topological polar surface area (TPSA) is 59.1 Å². The van der Waals surface area contributed by atoms with Gasteiger partial charge in [0.25, 0.3) is 5.91 Å². The molecule has 4 rings (SSSR count). The number of benzene rings is 3. The zero-order chi connectivity index (χ0) is 25.7. The van der Waals surface area contributed by atoms with Crippen LogP contribution in [0.4, 0.5) is 5.69 Å². The normalized spacial score (nSPS) is 16.9. The summed E-state index contributed by atoms with van der Waals surface area (Å²) in [5.41, 5.74) is 2.92. The lowest BCUT2D eigenvalue weighted by Gasteiger charge is -2.43. The molecule has 188 valence electrons. The number of nitrogens with zero attached hydrogens (tertiary/aromatic N) is 2. The van der Waals surface area contributed by atoms with Crippen molar-refractivity contribution >= 4 is 17.5 Å². The molecular formula is C30H34N2O4. The third kappa shape index (κ3) is 4.81. The summed E-state index contributed by atoms with van der Waals surface area (Å²) in [7, 11) is 3.24. The van der Waals surface area contributed by atoms with Crippen LogP contribution in [-0.2, 0) is 4.79 Å². The van der Waals surface area contributed by atoms with Gasteiger partial charge < -0.3 is 14.4 Å². The van der Waals surface area contributed by atoms with E-state index in [4.69, 9.17) is 9.47 Å². The smallest absolute Gasteiger partial charge is 0.259 e. The van der Waals surface area contributed by atoms with Gasteiger partial charge in [-0.05, 0) is 66.9 Å². The number of rotatable bonds is 9. The van der Waals surface area contributed by atoms with Gasteiger partial charge in [0.15, 0.2) is 0 Å². The molecule has 0 aromatic heterocycles. The monoisotopic (exact) mass is 486 g/mol. The third-order valence-corrected chi connectivity index (χ3v) is 6.89. The van der Waals surface area contributed by atoms with Crippen molar-refractivity contribution in [3.63, 3.8) is 0 Å². The number of carbonyl (C=O) groups is 2. The molecule has 2 atom stereocenters. The van der Waals surface area contributed by atoms with Gasteiger partial charge in [-0.15, -0.1) is 0 Å². The fourth-order valence-electron chi connectivity index (χ4n) is 4.94. The van der Waals surface area contributed by atoms with E-state index in [2.05, 4.69) is 6.92 Å². The van der Waals surface area contributed by atoms with Gasteiger partial charge in [-0.1, -0.05) is 43.7 Å². The van der Waals surface area contributed by atoms with Crippen LogP contribution in [0.1, 0.15) is 60.1 Å². The summed E-state index contributed by atoms with van der Waals surface area (Å²) < 4.78 is 10.7. The molecule has 2 amide bonds. The highest BCUT2D eigenvalue weighted by Gasteiger charge is 2.45. The Balaban J connectivity index is 1.92.